The van der Waals surface area contributed by atoms with Crippen molar-refractivity contribution in [1.82, 2.24) is 0 Å². The van der Waals surface area contributed by atoms with Crippen LogP contribution in [0.25, 0.3) is 0 Å². The van der Waals surface area contributed by atoms with Crippen LogP contribution in [0.3, 0.4) is 0 Å². The Kier molecular flexibility index (Phi) is 3.84. The zero-order valence-electron chi connectivity index (χ0n) is 9.51. The summed E-state index contributed by atoms with van der Waals surface area (Å²) in [6.07, 6.45) is -0.632. The first-order valence-corrected chi connectivity index (χ1v) is 4.97. The predicted molar refractivity (Wildman–Crippen MR) is 59.7 cm³/mol. The smallest absolute Gasteiger partial charge is 0.276 e. The Bertz CT molecular complexity index is 390. The lowest BCUT2D eigenvalue weighted by atomic mass is 9.95. The molecule has 0 aromatic heterocycles. The molecule has 88 valence electrons. The largest absolute Gasteiger partial charge is 0.497 e. The van der Waals surface area contributed by atoms with Gasteiger partial charge in [-0.05, 0) is 19.1 Å². The average molecular weight is 225 g/mol. The quantitative estimate of drug-likeness (QED) is 0.629. The van der Waals surface area contributed by atoms with Crippen molar-refractivity contribution in [3.05, 3.63) is 33.9 Å². The van der Waals surface area contributed by atoms with Crippen molar-refractivity contribution in [3.63, 3.8) is 0 Å². The van der Waals surface area contributed by atoms with Crippen molar-refractivity contribution in [1.29, 1.82) is 0 Å². The number of aliphatic hydroxyl groups is 1. The second-order valence-electron chi connectivity index (χ2n) is 3.71. The van der Waals surface area contributed by atoms with Crippen LogP contribution < -0.4 is 4.74 Å². The molecule has 0 heterocycles. The van der Waals surface area contributed by atoms with E-state index in [9.17, 15) is 15.2 Å². The number of methoxy groups -OCH3 is 1. The van der Waals surface area contributed by atoms with Crippen molar-refractivity contribution < 1.29 is 14.8 Å². The zero-order valence-corrected chi connectivity index (χ0v) is 9.51. The number of rotatable bonds is 4. The first kappa shape index (κ1) is 12.4. The van der Waals surface area contributed by atoms with Crippen LogP contribution in [-0.2, 0) is 0 Å². The Labute approximate surface area is 93.8 Å². The monoisotopic (exact) mass is 225 g/mol. The maximum Gasteiger partial charge on any atom is 0.276 e. The number of benzene rings is 1. The van der Waals surface area contributed by atoms with Gasteiger partial charge in [-0.25, -0.2) is 0 Å². The molecule has 2 atom stereocenters. The van der Waals surface area contributed by atoms with Gasteiger partial charge in [0.15, 0.2) is 0 Å². The molecule has 1 aromatic carbocycles. The zero-order chi connectivity index (χ0) is 12.3. The van der Waals surface area contributed by atoms with E-state index in [-0.39, 0.29) is 11.6 Å². The summed E-state index contributed by atoms with van der Waals surface area (Å²) in [4.78, 5) is 10.4. The van der Waals surface area contributed by atoms with Crippen LogP contribution in [0.15, 0.2) is 18.2 Å². The van der Waals surface area contributed by atoms with Crippen LogP contribution >= 0.6 is 0 Å². The first-order chi connectivity index (χ1) is 7.47. The number of nitrogens with zero attached hydrogens (tertiary/aromatic N) is 1. The van der Waals surface area contributed by atoms with Crippen molar-refractivity contribution in [2.75, 3.05) is 7.11 Å². The van der Waals surface area contributed by atoms with Gasteiger partial charge in [-0.15, -0.1) is 0 Å². The van der Waals surface area contributed by atoms with E-state index in [1.807, 2.05) is 0 Å². The fraction of sp³-hybridized carbons (Fsp3) is 0.455. The third-order valence-electron chi connectivity index (χ3n) is 2.65. The number of hydrogen-bond donors (Lipinski definition) is 1. The van der Waals surface area contributed by atoms with E-state index in [2.05, 4.69) is 0 Å². The van der Waals surface area contributed by atoms with E-state index >= 15 is 0 Å². The summed E-state index contributed by atoms with van der Waals surface area (Å²) in [5, 5.41) is 20.3. The average Bonchev–Trinajstić information content (AvgIpc) is 2.26. The summed E-state index contributed by atoms with van der Waals surface area (Å²) in [6, 6.07) is 4.64. The standard InChI is InChI=1S/C11H15NO4/c1-7(8(2)13)10-5-4-9(16-3)6-11(10)12(14)15/h4-8,13H,1-3H3. The lowest BCUT2D eigenvalue weighted by Gasteiger charge is -2.15. The molecule has 1 N–H and O–H groups in total. The molecular formula is C11H15NO4. The van der Waals surface area contributed by atoms with E-state index in [1.165, 1.54) is 13.2 Å². The highest BCUT2D eigenvalue weighted by atomic mass is 16.6. The van der Waals surface area contributed by atoms with Crippen LogP contribution in [0.2, 0.25) is 0 Å². The van der Waals surface area contributed by atoms with E-state index in [0.29, 0.717) is 11.3 Å². The topological polar surface area (TPSA) is 72.6 Å². The van der Waals surface area contributed by atoms with E-state index in [4.69, 9.17) is 4.74 Å². The van der Waals surface area contributed by atoms with Gasteiger partial charge in [0.05, 0.1) is 24.2 Å². The molecule has 0 amide bonds. The fourth-order valence-corrected chi connectivity index (χ4v) is 1.45. The van der Waals surface area contributed by atoms with Gasteiger partial charge in [-0.2, -0.15) is 0 Å². The van der Waals surface area contributed by atoms with E-state index < -0.39 is 11.0 Å². The number of nitro benzene ring substituents is 1. The molecule has 2 unspecified atom stereocenters. The van der Waals surface area contributed by atoms with E-state index in [1.54, 1.807) is 26.0 Å². The summed E-state index contributed by atoms with van der Waals surface area (Å²) < 4.78 is 4.93. The highest BCUT2D eigenvalue weighted by molar-refractivity contribution is 5.48. The predicted octanol–water partition coefficient (Wildman–Crippen LogP) is 2.09. The second-order valence-corrected chi connectivity index (χ2v) is 3.71. The number of nitro groups is 1. The van der Waals surface area contributed by atoms with Gasteiger partial charge in [-0.1, -0.05) is 6.92 Å². The van der Waals surface area contributed by atoms with Crippen LogP contribution in [0.4, 0.5) is 5.69 Å². The molecular weight excluding hydrogens is 210 g/mol. The van der Waals surface area contributed by atoms with Gasteiger partial charge in [-0.3, -0.25) is 10.1 Å². The summed E-state index contributed by atoms with van der Waals surface area (Å²) >= 11 is 0. The van der Waals surface area contributed by atoms with Crippen molar-refractivity contribution in [2.45, 2.75) is 25.9 Å². The number of ether oxygens (including phenoxy) is 1. The van der Waals surface area contributed by atoms with Crippen molar-refractivity contribution >= 4 is 5.69 Å². The molecule has 0 aliphatic heterocycles. The molecule has 0 fully saturated rings. The molecule has 0 aliphatic rings. The second kappa shape index (κ2) is 4.94. The lowest BCUT2D eigenvalue weighted by molar-refractivity contribution is -0.385. The Morgan fingerprint density at radius 3 is 2.50 bits per heavy atom. The maximum atomic E-state index is 10.9. The Balaban J connectivity index is 3.23. The highest BCUT2D eigenvalue weighted by Crippen LogP contribution is 2.31. The lowest BCUT2D eigenvalue weighted by Crippen LogP contribution is -2.12. The molecule has 5 heteroatoms. The van der Waals surface area contributed by atoms with Crippen LogP contribution in [-0.4, -0.2) is 23.2 Å². The summed E-state index contributed by atoms with van der Waals surface area (Å²) in [6.45, 7) is 3.36. The summed E-state index contributed by atoms with van der Waals surface area (Å²) in [5.41, 5.74) is 0.494. The Morgan fingerprint density at radius 2 is 2.06 bits per heavy atom. The van der Waals surface area contributed by atoms with Crippen LogP contribution in [0, 0.1) is 10.1 Å². The maximum absolute atomic E-state index is 10.9. The fourth-order valence-electron chi connectivity index (χ4n) is 1.45. The summed E-state index contributed by atoms with van der Waals surface area (Å²) in [7, 11) is 1.46. The SMILES string of the molecule is COc1ccc(C(C)C(C)O)c([N+](=O)[O-])c1. The normalized spacial score (nSPS) is 14.2. The summed E-state index contributed by atoms with van der Waals surface area (Å²) in [5.74, 6) is 0.152. The molecule has 0 aliphatic carbocycles. The van der Waals surface area contributed by atoms with Crippen molar-refractivity contribution in [2.24, 2.45) is 0 Å². The number of aliphatic hydroxyl groups excluding tert-OH is 1. The molecule has 1 rings (SSSR count). The van der Waals surface area contributed by atoms with Gasteiger partial charge in [0, 0.05) is 11.5 Å². The molecule has 0 saturated carbocycles. The van der Waals surface area contributed by atoms with Gasteiger partial charge >= 0.3 is 0 Å². The van der Waals surface area contributed by atoms with Gasteiger partial charge in [0.1, 0.15) is 5.75 Å². The minimum Gasteiger partial charge on any atom is -0.497 e. The molecule has 0 spiro atoms. The van der Waals surface area contributed by atoms with Gasteiger partial charge in [0.25, 0.3) is 5.69 Å². The van der Waals surface area contributed by atoms with Gasteiger partial charge in [0.2, 0.25) is 0 Å². The third-order valence-corrected chi connectivity index (χ3v) is 2.65. The highest BCUT2D eigenvalue weighted by Gasteiger charge is 2.22. The minimum absolute atomic E-state index is 0.0206. The van der Waals surface area contributed by atoms with Crippen LogP contribution in [0.5, 0.6) is 5.75 Å². The molecule has 0 saturated heterocycles. The Morgan fingerprint density at radius 1 is 1.44 bits per heavy atom. The number of hydrogen-bond acceptors (Lipinski definition) is 4. The van der Waals surface area contributed by atoms with Crippen molar-refractivity contribution in [3.8, 4) is 5.75 Å². The Hall–Kier alpha value is -1.62. The molecule has 16 heavy (non-hydrogen) atoms. The molecule has 5 nitrogen and oxygen atoms in total. The molecule has 0 radical (unpaired) electrons. The minimum atomic E-state index is -0.632. The van der Waals surface area contributed by atoms with Gasteiger partial charge < -0.3 is 9.84 Å². The third kappa shape index (κ3) is 2.49. The van der Waals surface area contributed by atoms with Crippen LogP contribution in [0.1, 0.15) is 25.3 Å². The van der Waals surface area contributed by atoms with E-state index in [0.717, 1.165) is 0 Å². The molecule has 1 aromatic rings. The first-order valence-electron chi connectivity index (χ1n) is 4.97. The molecule has 0 bridgehead atoms.